The average Bonchev–Trinajstić information content (AvgIpc) is 2.60. The summed E-state index contributed by atoms with van der Waals surface area (Å²) in [6, 6.07) is 11.2. The summed E-state index contributed by atoms with van der Waals surface area (Å²) in [7, 11) is 1.57. The van der Waals surface area contributed by atoms with Crippen molar-refractivity contribution in [3.63, 3.8) is 0 Å². The first-order chi connectivity index (χ1) is 13.2. The number of carbonyl (C=O) groups is 1. The fourth-order valence-corrected chi connectivity index (χ4v) is 3.43. The van der Waals surface area contributed by atoms with E-state index in [9.17, 15) is 22.4 Å². The first-order valence-electron chi connectivity index (χ1n) is 9.14. The molecule has 7 heteroatoms. The van der Waals surface area contributed by atoms with Gasteiger partial charge in [0.1, 0.15) is 17.7 Å². The van der Waals surface area contributed by atoms with Crippen LogP contribution in [-0.2, 0) is 11.2 Å². The van der Waals surface area contributed by atoms with Gasteiger partial charge >= 0.3 is 0 Å². The smallest absolute Gasteiger partial charge is 0.252 e. The third kappa shape index (κ3) is 5.03. The molecular formula is C21H22F4N2O. The highest BCUT2D eigenvalue weighted by atomic mass is 19.3. The lowest BCUT2D eigenvalue weighted by Gasteiger charge is -2.37. The molecule has 1 fully saturated rings. The van der Waals surface area contributed by atoms with E-state index in [4.69, 9.17) is 0 Å². The van der Waals surface area contributed by atoms with Crippen LogP contribution in [0.3, 0.4) is 0 Å². The molecule has 1 saturated carbocycles. The van der Waals surface area contributed by atoms with E-state index in [0.717, 1.165) is 23.8 Å². The van der Waals surface area contributed by atoms with Crippen LogP contribution in [0.2, 0.25) is 0 Å². The number of nitrogens with one attached hydrogen (secondary N) is 1. The topological polar surface area (TPSA) is 32.3 Å². The predicted molar refractivity (Wildman–Crippen MR) is 99.4 cm³/mol. The molecule has 0 spiro atoms. The van der Waals surface area contributed by atoms with Crippen molar-refractivity contribution in [1.82, 2.24) is 5.32 Å². The molecule has 1 atom stereocenters. The maximum Gasteiger partial charge on any atom is 0.252 e. The largest absolute Gasteiger partial charge is 0.362 e. The standard InChI is InChI=1S/C21H22F4N2O/c1-27(18-10-15(22)9-16(23)11-18)19(8-7-14-5-3-2-4-6-14)20(28)26-17-12-21(24,25)13-17/h2-6,9-11,17,19H,7-8,12-13H2,1H3,(H,26,28). The lowest BCUT2D eigenvalue weighted by molar-refractivity contribution is -0.130. The maximum absolute atomic E-state index is 13.6. The molecule has 0 bridgehead atoms. The van der Waals surface area contributed by atoms with Crippen molar-refractivity contribution >= 4 is 11.6 Å². The van der Waals surface area contributed by atoms with Gasteiger partial charge < -0.3 is 10.2 Å². The van der Waals surface area contributed by atoms with Gasteiger partial charge in [0.25, 0.3) is 5.92 Å². The number of alkyl halides is 2. The third-order valence-electron chi connectivity index (χ3n) is 5.01. The number of rotatable bonds is 7. The van der Waals surface area contributed by atoms with Gasteiger partial charge in [-0.3, -0.25) is 4.79 Å². The van der Waals surface area contributed by atoms with Crippen LogP contribution in [0.5, 0.6) is 0 Å². The number of benzene rings is 2. The molecule has 1 amide bonds. The molecule has 1 N–H and O–H groups in total. The molecule has 0 saturated heterocycles. The highest BCUT2D eigenvalue weighted by Crippen LogP contribution is 2.37. The van der Waals surface area contributed by atoms with Gasteiger partial charge in [0.15, 0.2) is 0 Å². The Kier molecular flexibility index (Phi) is 5.91. The van der Waals surface area contributed by atoms with Gasteiger partial charge in [0.2, 0.25) is 5.91 Å². The lowest BCUT2D eigenvalue weighted by Crippen LogP contribution is -2.55. The van der Waals surface area contributed by atoms with Crippen molar-refractivity contribution in [3.05, 3.63) is 65.7 Å². The first kappa shape index (κ1) is 20.2. The van der Waals surface area contributed by atoms with Crippen molar-refractivity contribution in [3.8, 4) is 0 Å². The van der Waals surface area contributed by atoms with E-state index in [1.165, 1.54) is 4.90 Å². The molecule has 1 aliphatic carbocycles. The van der Waals surface area contributed by atoms with Crippen molar-refractivity contribution in [2.75, 3.05) is 11.9 Å². The number of anilines is 1. The maximum atomic E-state index is 13.6. The molecule has 2 aromatic rings. The van der Waals surface area contributed by atoms with Gasteiger partial charge in [-0.1, -0.05) is 30.3 Å². The Bertz CT molecular complexity index is 800. The Labute approximate surface area is 161 Å². The van der Waals surface area contributed by atoms with E-state index in [-0.39, 0.29) is 18.5 Å². The number of hydrogen-bond donors (Lipinski definition) is 1. The number of nitrogens with zero attached hydrogens (tertiary/aromatic N) is 1. The number of amides is 1. The van der Waals surface area contributed by atoms with Crippen LogP contribution < -0.4 is 10.2 Å². The molecule has 0 radical (unpaired) electrons. The monoisotopic (exact) mass is 394 g/mol. The summed E-state index contributed by atoms with van der Waals surface area (Å²) in [5, 5.41) is 2.64. The predicted octanol–water partition coefficient (Wildman–Crippen LogP) is 4.32. The minimum absolute atomic E-state index is 0.213. The quantitative estimate of drug-likeness (QED) is 0.710. The van der Waals surface area contributed by atoms with Crippen LogP contribution in [0.25, 0.3) is 0 Å². The first-order valence-corrected chi connectivity index (χ1v) is 9.14. The molecule has 1 aliphatic rings. The zero-order chi connectivity index (χ0) is 20.3. The van der Waals surface area contributed by atoms with Crippen LogP contribution in [0.1, 0.15) is 24.8 Å². The number of carbonyl (C=O) groups excluding carboxylic acids is 1. The second kappa shape index (κ2) is 8.20. The zero-order valence-electron chi connectivity index (χ0n) is 15.5. The molecule has 0 heterocycles. The summed E-state index contributed by atoms with van der Waals surface area (Å²) >= 11 is 0. The Hall–Kier alpha value is -2.57. The van der Waals surface area contributed by atoms with E-state index in [1.807, 2.05) is 30.3 Å². The highest BCUT2D eigenvalue weighted by Gasteiger charge is 2.46. The van der Waals surface area contributed by atoms with Gasteiger partial charge in [-0.2, -0.15) is 0 Å². The highest BCUT2D eigenvalue weighted by molar-refractivity contribution is 5.85. The normalized spacial score (nSPS) is 16.9. The van der Waals surface area contributed by atoms with Crippen molar-refractivity contribution in [2.24, 2.45) is 0 Å². The zero-order valence-corrected chi connectivity index (χ0v) is 15.5. The van der Waals surface area contributed by atoms with Gasteiger partial charge in [-0.15, -0.1) is 0 Å². The molecule has 28 heavy (non-hydrogen) atoms. The number of hydrogen-bond acceptors (Lipinski definition) is 2. The van der Waals surface area contributed by atoms with Crippen LogP contribution >= 0.6 is 0 Å². The second-order valence-electron chi connectivity index (χ2n) is 7.25. The number of aryl methyl sites for hydroxylation is 1. The Balaban J connectivity index is 1.75. The van der Waals surface area contributed by atoms with Crippen LogP contribution in [0, 0.1) is 11.6 Å². The van der Waals surface area contributed by atoms with Gasteiger partial charge in [0.05, 0.1) is 0 Å². The average molecular weight is 394 g/mol. The summed E-state index contributed by atoms with van der Waals surface area (Å²) < 4.78 is 53.4. The Morgan fingerprint density at radius 1 is 1.14 bits per heavy atom. The van der Waals surface area contributed by atoms with E-state index in [0.29, 0.717) is 12.8 Å². The van der Waals surface area contributed by atoms with Gasteiger partial charge in [-0.05, 0) is 30.5 Å². The third-order valence-corrected chi connectivity index (χ3v) is 5.01. The summed E-state index contributed by atoms with van der Waals surface area (Å²) in [6.07, 6.45) is 0.153. The molecule has 3 rings (SSSR count). The molecule has 0 aliphatic heterocycles. The van der Waals surface area contributed by atoms with Crippen molar-refractivity contribution in [2.45, 2.75) is 43.7 Å². The molecule has 0 aromatic heterocycles. The molecule has 1 unspecified atom stereocenters. The molecular weight excluding hydrogens is 372 g/mol. The summed E-state index contributed by atoms with van der Waals surface area (Å²) in [4.78, 5) is 14.3. The fourth-order valence-electron chi connectivity index (χ4n) is 3.43. The molecule has 2 aromatic carbocycles. The lowest BCUT2D eigenvalue weighted by atomic mass is 9.88. The van der Waals surface area contributed by atoms with Crippen LogP contribution in [0.15, 0.2) is 48.5 Å². The van der Waals surface area contributed by atoms with E-state index >= 15 is 0 Å². The van der Waals surface area contributed by atoms with Gasteiger partial charge in [0, 0.05) is 37.7 Å². The van der Waals surface area contributed by atoms with Crippen LogP contribution in [0.4, 0.5) is 23.2 Å². The minimum atomic E-state index is -2.74. The summed E-state index contributed by atoms with van der Waals surface area (Å²) in [6.45, 7) is 0. The fraction of sp³-hybridized carbons (Fsp3) is 0.381. The summed E-state index contributed by atoms with van der Waals surface area (Å²) in [5.74, 6) is -4.66. The molecule has 150 valence electrons. The van der Waals surface area contributed by atoms with Gasteiger partial charge in [-0.25, -0.2) is 17.6 Å². The van der Waals surface area contributed by atoms with Crippen molar-refractivity contribution < 1.29 is 22.4 Å². The second-order valence-corrected chi connectivity index (χ2v) is 7.25. The van der Waals surface area contributed by atoms with E-state index < -0.39 is 35.5 Å². The molecule has 3 nitrogen and oxygen atoms in total. The van der Waals surface area contributed by atoms with E-state index in [2.05, 4.69) is 5.32 Å². The summed E-state index contributed by atoms with van der Waals surface area (Å²) in [5.41, 5.74) is 1.22. The number of likely N-dealkylation sites (N-methyl/N-ethyl adjacent to an activating group) is 1. The van der Waals surface area contributed by atoms with Crippen LogP contribution in [-0.4, -0.2) is 31.0 Å². The SMILES string of the molecule is CN(c1cc(F)cc(F)c1)C(CCc1ccccc1)C(=O)NC1CC(F)(F)C1. The minimum Gasteiger partial charge on any atom is -0.362 e. The van der Waals surface area contributed by atoms with Crippen molar-refractivity contribution in [1.29, 1.82) is 0 Å². The van der Waals surface area contributed by atoms with E-state index in [1.54, 1.807) is 7.05 Å². The Morgan fingerprint density at radius 2 is 1.75 bits per heavy atom. The number of halogens is 4. The Morgan fingerprint density at radius 3 is 2.32 bits per heavy atom.